The van der Waals surface area contributed by atoms with Crippen molar-refractivity contribution < 1.29 is 31.9 Å². The van der Waals surface area contributed by atoms with Crippen LogP contribution in [0.2, 0.25) is 0 Å². The number of aryl methyl sites for hydroxylation is 1. The van der Waals surface area contributed by atoms with Crippen molar-refractivity contribution in [1.82, 2.24) is 29.4 Å². The molecule has 4 heterocycles. The maximum Gasteiger partial charge on any atom is 0.408 e. The Balaban J connectivity index is 1.86. The van der Waals surface area contributed by atoms with Crippen LogP contribution in [0.1, 0.15) is 33.4 Å². The number of amides is 1. The van der Waals surface area contributed by atoms with Gasteiger partial charge in [0.2, 0.25) is 0 Å². The zero-order chi connectivity index (χ0) is 30.1. The number of hydrogen-bond acceptors (Lipinski definition) is 6. The van der Waals surface area contributed by atoms with E-state index in [1.807, 2.05) is 0 Å². The van der Waals surface area contributed by atoms with Gasteiger partial charge in [0.25, 0.3) is 0 Å². The van der Waals surface area contributed by atoms with Crippen LogP contribution < -0.4 is 4.90 Å². The number of anilines is 1. The Labute approximate surface area is 231 Å². The van der Waals surface area contributed by atoms with Gasteiger partial charge in [-0.2, -0.15) is 8.78 Å². The van der Waals surface area contributed by atoms with Gasteiger partial charge in [0.1, 0.15) is 29.3 Å². The molecule has 14 heteroatoms. The first-order valence-electron chi connectivity index (χ1n) is 12.5. The van der Waals surface area contributed by atoms with E-state index in [9.17, 15) is 18.7 Å². The molecule has 5 rings (SSSR count). The molecule has 0 bridgehead atoms. The molecule has 216 valence electrons. The van der Waals surface area contributed by atoms with E-state index in [1.54, 1.807) is 6.92 Å². The molecule has 4 aromatic rings. The first-order valence-corrected chi connectivity index (χ1v) is 12.5. The lowest BCUT2D eigenvalue weighted by molar-refractivity contribution is -0.206. The van der Waals surface area contributed by atoms with E-state index in [2.05, 4.69) is 19.9 Å². The number of carboxylic acid groups (broad SMARTS) is 1. The summed E-state index contributed by atoms with van der Waals surface area (Å²) >= 11 is 0. The van der Waals surface area contributed by atoms with Crippen LogP contribution in [0, 0.1) is 24.0 Å². The minimum Gasteiger partial charge on any atom is -0.465 e. The van der Waals surface area contributed by atoms with Crippen molar-refractivity contribution in [2.45, 2.75) is 52.5 Å². The van der Waals surface area contributed by atoms with Crippen molar-refractivity contribution >= 4 is 22.9 Å². The zero-order valence-corrected chi connectivity index (χ0v) is 22.7. The van der Waals surface area contributed by atoms with Gasteiger partial charge in [0.15, 0.2) is 11.9 Å². The lowest BCUT2D eigenvalue weighted by Gasteiger charge is -2.59. The number of benzene rings is 1. The summed E-state index contributed by atoms with van der Waals surface area (Å²) in [6, 6.07) is -1.43. The molecule has 41 heavy (non-hydrogen) atoms. The number of nitrogens with zero attached hydrogens (tertiary/aromatic N) is 7. The Morgan fingerprint density at radius 3 is 2.27 bits per heavy atom. The van der Waals surface area contributed by atoms with Crippen molar-refractivity contribution in [1.29, 1.82) is 0 Å². The first kappa shape index (κ1) is 28.2. The fourth-order valence-corrected chi connectivity index (χ4v) is 5.33. The Bertz CT molecular complexity index is 1650. The molecule has 0 spiro atoms. The molecule has 3 aromatic heterocycles. The highest BCUT2D eigenvalue weighted by Crippen LogP contribution is 2.54. The van der Waals surface area contributed by atoms with Crippen LogP contribution in [0.4, 0.5) is 32.6 Å². The third-order valence-electron chi connectivity index (χ3n) is 7.79. The molecule has 1 fully saturated rings. The first-order chi connectivity index (χ1) is 19.1. The smallest absolute Gasteiger partial charge is 0.408 e. The summed E-state index contributed by atoms with van der Waals surface area (Å²) in [5, 5.41) is 9.72. The van der Waals surface area contributed by atoms with Crippen molar-refractivity contribution in [3.63, 3.8) is 0 Å². The number of carbonyl (C=O) groups is 1. The second kappa shape index (κ2) is 9.35. The van der Waals surface area contributed by atoms with Crippen LogP contribution in [0.3, 0.4) is 0 Å². The molecule has 1 aliphatic heterocycles. The van der Waals surface area contributed by atoms with Gasteiger partial charge in [-0.3, -0.25) is 19.8 Å². The molecule has 1 saturated heterocycles. The highest BCUT2D eigenvalue weighted by Gasteiger charge is 2.70. The third kappa shape index (κ3) is 4.15. The van der Waals surface area contributed by atoms with Gasteiger partial charge >= 0.3 is 12.1 Å². The molecule has 1 N–H and O–H groups in total. The third-order valence-corrected chi connectivity index (χ3v) is 7.79. The molecule has 0 radical (unpaired) electrons. The Kier molecular flexibility index (Phi) is 6.42. The van der Waals surface area contributed by atoms with E-state index in [-0.39, 0.29) is 32.9 Å². The van der Waals surface area contributed by atoms with Crippen LogP contribution in [0.15, 0.2) is 43.1 Å². The molecular weight excluding hydrogens is 549 g/mol. The van der Waals surface area contributed by atoms with E-state index < -0.39 is 53.4 Å². The van der Waals surface area contributed by atoms with Crippen LogP contribution >= 0.6 is 0 Å². The van der Waals surface area contributed by atoms with Gasteiger partial charge in [-0.15, -0.1) is 0 Å². The van der Waals surface area contributed by atoms with Gasteiger partial charge in [-0.25, -0.2) is 27.9 Å². The normalized spacial score (nSPS) is 21.0. The van der Waals surface area contributed by atoms with Crippen molar-refractivity contribution in [3.8, 4) is 16.9 Å². The highest BCUT2D eigenvalue weighted by molar-refractivity contribution is 6.02. The maximum absolute atomic E-state index is 16.7. The largest absolute Gasteiger partial charge is 0.465 e. The van der Waals surface area contributed by atoms with Crippen molar-refractivity contribution in [2.75, 3.05) is 11.4 Å². The predicted octanol–water partition coefficient (Wildman–Crippen LogP) is 5.96. The fraction of sp³-hybridized carbons (Fsp3) is 0.370. The summed E-state index contributed by atoms with van der Waals surface area (Å²) in [5.41, 5.74) is -3.16. The maximum atomic E-state index is 16.7. The molecule has 1 aliphatic rings. The fourth-order valence-electron chi connectivity index (χ4n) is 5.33. The van der Waals surface area contributed by atoms with E-state index in [0.29, 0.717) is 16.7 Å². The molecular formula is C27H26F5N7O2. The number of rotatable bonds is 3. The summed E-state index contributed by atoms with van der Waals surface area (Å²) < 4.78 is 79.0. The lowest BCUT2D eigenvalue weighted by Crippen LogP contribution is -2.78. The summed E-state index contributed by atoms with van der Waals surface area (Å²) in [5.74, 6) is -2.34. The summed E-state index contributed by atoms with van der Waals surface area (Å²) in [4.78, 5) is 29.5. The summed E-state index contributed by atoms with van der Waals surface area (Å²) in [6.45, 7) is 6.09. The number of piperazine rings is 1. The number of aromatic nitrogens is 5. The minimum absolute atomic E-state index is 0.0243. The van der Waals surface area contributed by atoms with Crippen LogP contribution in [-0.4, -0.2) is 65.0 Å². The van der Waals surface area contributed by atoms with Crippen LogP contribution in [0.25, 0.3) is 28.0 Å². The standard InChI is InChI=1S/C27H26F5N7O2/c1-14-21(34-7-6-33-14)18-11-37(17-9-15(28)8-16(29)10-17)22-20(18)23(36-13-35-22)39-19(30)12-38(24(40)41)26(5,25(2,3)4)27(39,31)32/h6-11,13,19H,12H2,1-5H3,(H,40,41)/t19?,26-/m1/s1. The van der Waals surface area contributed by atoms with Gasteiger partial charge in [0.05, 0.1) is 29.0 Å². The Morgan fingerprint density at radius 1 is 1.05 bits per heavy atom. The second-order valence-electron chi connectivity index (χ2n) is 11.0. The molecule has 2 atom stereocenters. The number of fused-ring (bicyclic) bond motifs is 1. The van der Waals surface area contributed by atoms with Crippen LogP contribution in [-0.2, 0) is 0 Å². The minimum atomic E-state index is -4.15. The van der Waals surface area contributed by atoms with E-state index in [0.717, 1.165) is 25.4 Å². The molecule has 1 aromatic carbocycles. The summed E-state index contributed by atoms with van der Waals surface area (Å²) in [6.07, 6.45) is 0.871. The Morgan fingerprint density at radius 2 is 1.68 bits per heavy atom. The molecule has 1 unspecified atom stereocenters. The van der Waals surface area contributed by atoms with E-state index >= 15 is 13.2 Å². The molecule has 1 amide bonds. The lowest BCUT2D eigenvalue weighted by atomic mass is 9.70. The average molecular weight is 576 g/mol. The quantitative estimate of drug-likeness (QED) is 0.238. The Hall–Kier alpha value is -4.36. The number of hydrogen-bond donors (Lipinski definition) is 1. The van der Waals surface area contributed by atoms with Gasteiger partial charge in [-0.05, 0) is 31.4 Å². The molecule has 9 nitrogen and oxygen atoms in total. The second-order valence-corrected chi connectivity index (χ2v) is 11.0. The highest BCUT2D eigenvalue weighted by atomic mass is 19.3. The van der Waals surface area contributed by atoms with Crippen LogP contribution in [0.5, 0.6) is 0 Å². The topological polar surface area (TPSA) is 100 Å². The average Bonchev–Trinajstić information content (AvgIpc) is 3.25. The monoisotopic (exact) mass is 575 g/mol. The number of alkyl halides is 3. The van der Waals surface area contributed by atoms with Gasteiger partial charge in [-0.1, -0.05) is 20.8 Å². The predicted molar refractivity (Wildman–Crippen MR) is 139 cm³/mol. The van der Waals surface area contributed by atoms with E-state index in [4.69, 9.17) is 0 Å². The van der Waals surface area contributed by atoms with Crippen molar-refractivity contribution in [3.05, 3.63) is 60.4 Å². The van der Waals surface area contributed by atoms with Gasteiger partial charge in [0, 0.05) is 30.2 Å². The van der Waals surface area contributed by atoms with Gasteiger partial charge < -0.3 is 9.67 Å². The van der Waals surface area contributed by atoms with Crippen molar-refractivity contribution in [2.24, 2.45) is 5.41 Å². The van der Waals surface area contributed by atoms with E-state index in [1.165, 1.54) is 43.9 Å². The molecule has 0 aliphatic carbocycles. The molecule has 0 saturated carbocycles. The zero-order valence-electron chi connectivity index (χ0n) is 22.7. The summed E-state index contributed by atoms with van der Waals surface area (Å²) in [7, 11) is 0. The number of halogens is 5. The SMILES string of the molecule is Cc1nccnc1-c1cn(-c2cc(F)cc(F)c2)c2ncnc(N3C(F)CN(C(=O)O)[C@](C)(C(C)(C)C)C3(F)F)c12.